The molecule has 0 radical (unpaired) electrons. The van der Waals surface area contributed by atoms with E-state index in [0.29, 0.717) is 6.42 Å². The van der Waals surface area contributed by atoms with Crippen LogP contribution in [-0.2, 0) is 0 Å². The highest BCUT2D eigenvalue weighted by molar-refractivity contribution is 5.02. The zero-order valence-electron chi connectivity index (χ0n) is 10.2. The van der Waals surface area contributed by atoms with Crippen molar-refractivity contribution in [1.82, 2.24) is 0 Å². The molecule has 0 fully saturated rings. The second kappa shape index (κ2) is 4.43. The lowest BCUT2D eigenvalue weighted by Gasteiger charge is -2.24. The van der Waals surface area contributed by atoms with Crippen LogP contribution in [0.15, 0.2) is 11.9 Å². The van der Waals surface area contributed by atoms with Gasteiger partial charge < -0.3 is 5.11 Å². The molecule has 0 spiro atoms. The van der Waals surface area contributed by atoms with E-state index >= 15 is 0 Å². The quantitative estimate of drug-likeness (QED) is 0.724. The lowest BCUT2D eigenvalue weighted by atomic mass is 9.86. The monoisotopic (exact) mass is 202 g/mol. The Morgan fingerprint density at radius 3 is 1.93 bits per heavy atom. The van der Waals surface area contributed by atoms with Gasteiger partial charge in [-0.2, -0.15) is 0 Å². The molecular formula is C12H23FO. The van der Waals surface area contributed by atoms with Crippen LogP contribution in [0.2, 0.25) is 0 Å². The van der Waals surface area contributed by atoms with Crippen LogP contribution in [0.25, 0.3) is 0 Å². The maximum atomic E-state index is 13.4. The molecule has 0 aromatic rings. The normalized spacial score (nSPS) is 17.0. The molecule has 1 unspecified atom stereocenters. The van der Waals surface area contributed by atoms with Gasteiger partial charge in [0.2, 0.25) is 0 Å². The average Bonchev–Trinajstić information content (AvgIpc) is 1.79. The first-order valence-electron chi connectivity index (χ1n) is 5.06. The summed E-state index contributed by atoms with van der Waals surface area (Å²) in [6.45, 7) is 11.6. The summed E-state index contributed by atoms with van der Waals surface area (Å²) >= 11 is 0. The first-order chi connectivity index (χ1) is 6.02. The Bertz CT molecular complexity index is 205. The van der Waals surface area contributed by atoms with Crippen LogP contribution >= 0.6 is 0 Å². The molecule has 1 N–H and O–H groups in total. The van der Waals surface area contributed by atoms with Crippen LogP contribution in [0.5, 0.6) is 0 Å². The third-order valence-corrected chi connectivity index (χ3v) is 1.93. The fraction of sp³-hybridized carbons (Fsp3) is 0.833. The number of rotatable bonds is 2. The lowest BCUT2D eigenvalue weighted by Crippen LogP contribution is -2.24. The summed E-state index contributed by atoms with van der Waals surface area (Å²) in [5, 5.41) is 9.64. The molecule has 0 amide bonds. The van der Waals surface area contributed by atoms with E-state index in [-0.39, 0.29) is 16.7 Å². The van der Waals surface area contributed by atoms with Crippen molar-refractivity contribution >= 4 is 0 Å². The second-order valence-electron chi connectivity index (χ2n) is 6.16. The van der Waals surface area contributed by atoms with Gasteiger partial charge in [0.25, 0.3) is 0 Å². The zero-order valence-corrected chi connectivity index (χ0v) is 10.2. The van der Waals surface area contributed by atoms with E-state index in [4.69, 9.17) is 0 Å². The van der Waals surface area contributed by atoms with Crippen molar-refractivity contribution in [3.05, 3.63) is 11.9 Å². The summed E-state index contributed by atoms with van der Waals surface area (Å²) < 4.78 is 13.4. The van der Waals surface area contributed by atoms with Crippen LogP contribution < -0.4 is 0 Å². The molecular weight excluding hydrogens is 179 g/mol. The fourth-order valence-corrected chi connectivity index (χ4v) is 0.987. The Labute approximate surface area is 87.0 Å². The van der Waals surface area contributed by atoms with E-state index in [1.807, 2.05) is 41.5 Å². The Morgan fingerprint density at radius 1 is 1.21 bits per heavy atom. The molecule has 0 aliphatic carbocycles. The number of halogens is 1. The summed E-state index contributed by atoms with van der Waals surface area (Å²) in [5.74, 6) is -0.222. The number of hydrogen-bond donors (Lipinski definition) is 1. The molecule has 0 aliphatic rings. The highest BCUT2D eigenvalue weighted by Crippen LogP contribution is 2.27. The van der Waals surface area contributed by atoms with Gasteiger partial charge in [0.15, 0.2) is 0 Å². The third-order valence-electron chi connectivity index (χ3n) is 1.93. The van der Waals surface area contributed by atoms with E-state index < -0.39 is 6.10 Å². The molecule has 2 heteroatoms. The van der Waals surface area contributed by atoms with E-state index in [9.17, 15) is 9.50 Å². The maximum Gasteiger partial charge on any atom is 0.0990 e. The molecule has 0 bridgehead atoms. The molecule has 84 valence electrons. The molecule has 14 heavy (non-hydrogen) atoms. The smallest absolute Gasteiger partial charge is 0.0990 e. The number of aliphatic hydroxyl groups excluding tert-OH is 1. The number of allylic oxidation sites excluding steroid dienone is 1. The highest BCUT2D eigenvalue weighted by Gasteiger charge is 2.22. The first kappa shape index (κ1) is 13.6. The van der Waals surface area contributed by atoms with E-state index in [0.717, 1.165) is 0 Å². The number of hydrogen-bond acceptors (Lipinski definition) is 1. The standard InChI is InChI=1S/C12H23FO/c1-11(2,3)8-9(13)7-10(14)12(4,5)6/h7,10,14H,8H2,1-6H3. The van der Waals surface area contributed by atoms with Crippen LogP contribution in [0.4, 0.5) is 4.39 Å². The van der Waals surface area contributed by atoms with Gasteiger partial charge >= 0.3 is 0 Å². The largest absolute Gasteiger partial charge is 0.388 e. The predicted molar refractivity (Wildman–Crippen MR) is 58.7 cm³/mol. The van der Waals surface area contributed by atoms with E-state index in [2.05, 4.69) is 0 Å². The fourth-order valence-electron chi connectivity index (χ4n) is 0.987. The van der Waals surface area contributed by atoms with Crippen LogP contribution in [0.3, 0.4) is 0 Å². The Kier molecular flexibility index (Phi) is 4.32. The van der Waals surface area contributed by atoms with Gasteiger partial charge in [0.05, 0.1) is 11.9 Å². The summed E-state index contributed by atoms with van der Waals surface area (Å²) in [5.41, 5.74) is -0.368. The molecule has 1 atom stereocenters. The van der Waals surface area contributed by atoms with Crippen molar-refractivity contribution in [1.29, 1.82) is 0 Å². The second-order valence-corrected chi connectivity index (χ2v) is 6.16. The van der Waals surface area contributed by atoms with Crippen LogP contribution in [0.1, 0.15) is 48.0 Å². The van der Waals surface area contributed by atoms with Gasteiger partial charge in [-0.1, -0.05) is 41.5 Å². The molecule has 0 saturated carbocycles. The maximum absolute atomic E-state index is 13.4. The predicted octanol–water partition coefficient (Wildman–Crippen LogP) is 3.68. The minimum atomic E-state index is -0.718. The van der Waals surface area contributed by atoms with E-state index in [1.54, 1.807) is 0 Å². The van der Waals surface area contributed by atoms with Crippen molar-refractivity contribution in [2.45, 2.75) is 54.1 Å². The van der Waals surface area contributed by atoms with E-state index in [1.165, 1.54) is 6.08 Å². The number of aliphatic hydroxyl groups is 1. The van der Waals surface area contributed by atoms with Gasteiger partial charge in [-0.25, -0.2) is 4.39 Å². The van der Waals surface area contributed by atoms with Crippen LogP contribution in [-0.4, -0.2) is 11.2 Å². The zero-order chi connectivity index (χ0) is 11.6. The lowest BCUT2D eigenvalue weighted by molar-refractivity contribution is 0.103. The molecule has 1 nitrogen and oxygen atoms in total. The molecule has 0 heterocycles. The van der Waals surface area contributed by atoms with Crippen molar-refractivity contribution in [3.8, 4) is 0 Å². The van der Waals surface area contributed by atoms with Crippen molar-refractivity contribution in [3.63, 3.8) is 0 Å². The summed E-state index contributed by atoms with van der Waals surface area (Å²) in [6.07, 6.45) is 0.982. The molecule has 0 aromatic carbocycles. The van der Waals surface area contributed by atoms with Crippen molar-refractivity contribution in [2.75, 3.05) is 0 Å². The topological polar surface area (TPSA) is 20.2 Å². The molecule has 0 rings (SSSR count). The van der Waals surface area contributed by atoms with Gasteiger partial charge in [0.1, 0.15) is 0 Å². The van der Waals surface area contributed by atoms with Gasteiger partial charge in [-0.15, -0.1) is 0 Å². The summed E-state index contributed by atoms with van der Waals surface area (Å²) in [6, 6.07) is 0. The minimum absolute atomic E-state index is 0.0712. The van der Waals surface area contributed by atoms with Crippen molar-refractivity contribution in [2.24, 2.45) is 10.8 Å². The first-order valence-corrected chi connectivity index (χ1v) is 5.06. The van der Waals surface area contributed by atoms with Gasteiger partial charge in [-0.3, -0.25) is 0 Å². The summed E-state index contributed by atoms with van der Waals surface area (Å²) in [4.78, 5) is 0. The molecule has 0 saturated heterocycles. The Morgan fingerprint density at radius 2 is 1.64 bits per heavy atom. The highest BCUT2D eigenvalue weighted by atomic mass is 19.1. The Hall–Kier alpha value is -0.370. The SMILES string of the molecule is CC(C)(C)CC(F)=CC(O)C(C)(C)C. The molecule has 0 aromatic heterocycles. The Balaban J connectivity index is 4.39. The molecule has 0 aliphatic heterocycles. The summed E-state index contributed by atoms with van der Waals surface area (Å²) in [7, 11) is 0. The van der Waals surface area contributed by atoms with Crippen LogP contribution in [0, 0.1) is 10.8 Å². The average molecular weight is 202 g/mol. The van der Waals surface area contributed by atoms with Gasteiger partial charge in [0, 0.05) is 6.42 Å². The van der Waals surface area contributed by atoms with Gasteiger partial charge in [-0.05, 0) is 16.9 Å². The third kappa shape index (κ3) is 6.14. The van der Waals surface area contributed by atoms with Crippen molar-refractivity contribution < 1.29 is 9.50 Å². The minimum Gasteiger partial charge on any atom is -0.388 e.